The van der Waals surface area contributed by atoms with Crippen molar-refractivity contribution in [3.8, 4) is 0 Å². The zero-order chi connectivity index (χ0) is 17.9. The lowest BCUT2D eigenvalue weighted by molar-refractivity contribution is 0.0177. The molecule has 2 aliphatic rings. The summed E-state index contributed by atoms with van der Waals surface area (Å²) in [5, 5.41) is 3.25. The largest absolute Gasteiger partial charge is 0.349 e. The van der Waals surface area contributed by atoms with Gasteiger partial charge in [0.15, 0.2) is 0 Å². The molecule has 2 aromatic rings. The number of hydrogen-bond acceptors (Lipinski definition) is 3. The van der Waals surface area contributed by atoms with Gasteiger partial charge in [-0.3, -0.25) is 14.7 Å². The molecule has 26 heavy (non-hydrogen) atoms. The summed E-state index contributed by atoms with van der Waals surface area (Å²) in [6.45, 7) is 3.16. The molecule has 1 aromatic carbocycles. The van der Waals surface area contributed by atoms with Gasteiger partial charge in [0, 0.05) is 37.1 Å². The van der Waals surface area contributed by atoms with Crippen molar-refractivity contribution >= 4 is 5.91 Å². The molecule has 0 aliphatic carbocycles. The highest BCUT2D eigenvalue weighted by atomic mass is 16.1. The quantitative estimate of drug-likeness (QED) is 0.915. The van der Waals surface area contributed by atoms with E-state index in [2.05, 4.69) is 46.4 Å². The number of benzene rings is 1. The summed E-state index contributed by atoms with van der Waals surface area (Å²) in [4.78, 5) is 19.2. The monoisotopic (exact) mass is 349 g/mol. The second kappa shape index (κ2) is 7.58. The molecule has 2 bridgehead atoms. The van der Waals surface area contributed by atoms with Crippen LogP contribution in [-0.2, 0) is 6.54 Å². The maximum absolute atomic E-state index is 12.5. The van der Waals surface area contributed by atoms with Gasteiger partial charge in [-0.05, 0) is 50.3 Å². The molecule has 0 unspecified atom stereocenters. The van der Waals surface area contributed by atoms with Crippen molar-refractivity contribution < 1.29 is 4.79 Å². The van der Waals surface area contributed by atoms with Crippen molar-refractivity contribution in [1.82, 2.24) is 15.2 Å². The molecule has 2 atom stereocenters. The zero-order valence-electron chi connectivity index (χ0n) is 15.4. The number of rotatable bonds is 4. The molecule has 0 saturated carbocycles. The third kappa shape index (κ3) is 3.80. The number of nitrogens with one attached hydrogen (secondary N) is 1. The molecule has 1 amide bonds. The molecule has 3 heterocycles. The van der Waals surface area contributed by atoms with E-state index in [0.29, 0.717) is 17.6 Å². The Balaban J connectivity index is 1.41. The van der Waals surface area contributed by atoms with Crippen LogP contribution in [0.4, 0.5) is 0 Å². The molecule has 4 heteroatoms. The SMILES string of the molecule is Cc1ccc(CN2[C@H]3CCC[C@H]2CC(NC(=O)c2cccnc2)C3)cc1. The third-order valence-electron chi connectivity index (χ3n) is 5.87. The Kier molecular flexibility index (Phi) is 5.02. The van der Waals surface area contributed by atoms with Crippen LogP contribution in [0.5, 0.6) is 0 Å². The average molecular weight is 349 g/mol. The number of amides is 1. The first kappa shape index (κ1) is 17.2. The van der Waals surface area contributed by atoms with E-state index in [4.69, 9.17) is 0 Å². The Labute approximate surface area is 155 Å². The van der Waals surface area contributed by atoms with E-state index in [1.165, 1.54) is 30.4 Å². The number of fused-ring (bicyclic) bond motifs is 2. The van der Waals surface area contributed by atoms with Crippen molar-refractivity contribution in [2.24, 2.45) is 0 Å². The number of carbonyl (C=O) groups is 1. The summed E-state index contributed by atoms with van der Waals surface area (Å²) in [7, 11) is 0. The number of hydrogen-bond donors (Lipinski definition) is 1. The predicted octanol–water partition coefficient (Wildman–Crippen LogP) is 3.71. The molecule has 1 N–H and O–H groups in total. The Morgan fingerprint density at radius 2 is 1.88 bits per heavy atom. The molecular weight excluding hydrogens is 322 g/mol. The van der Waals surface area contributed by atoms with Crippen LogP contribution in [0.3, 0.4) is 0 Å². The lowest BCUT2D eigenvalue weighted by atomic mass is 9.81. The van der Waals surface area contributed by atoms with Gasteiger partial charge >= 0.3 is 0 Å². The highest BCUT2D eigenvalue weighted by Crippen LogP contribution is 2.35. The van der Waals surface area contributed by atoms with Gasteiger partial charge < -0.3 is 5.32 Å². The lowest BCUT2D eigenvalue weighted by Gasteiger charge is -2.49. The Morgan fingerprint density at radius 1 is 1.15 bits per heavy atom. The van der Waals surface area contributed by atoms with Gasteiger partial charge in [0.2, 0.25) is 0 Å². The Hall–Kier alpha value is -2.20. The molecule has 2 aliphatic heterocycles. The number of aryl methyl sites for hydroxylation is 1. The van der Waals surface area contributed by atoms with E-state index >= 15 is 0 Å². The number of nitrogens with zero attached hydrogens (tertiary/aromatic N) is 2. The first-order valence-corrected chi connectivity index (χ1v) is 9.71. The molecule has 2 saturated heterocycles. The van der Waals surface area contributed by atoms with E-state index in [-0.39, 0.29) is 11.9 Å². The fourth-order valence-corrected chi connectivity index (χ4v) is 4.52. The number of aromatic nitrogens is 1. The minimum Gasteiger partial charge on any atom is -0.349 e. The van der Waals surface area contributed by atoms with Crippen molar-refractivity contribution in [3.63, 3.8) is 0 Å². The van der Waals surface area contributed by atoms with Crippen molar-refractivity contribution in [1.29, 1.82) is 0 Å². The van der Waals surface area contributed by atoms with Crippen LogP contribution in [0, 0.1) is 6.92 Å². The summed E-state index contributed by atoms with van der Waals surface area (Å²) in [5.41, 5.74) is 3.36. The maximum Gasteiger partial charge on any atom is 0.253 e. The standard InChI is InChI=1S/C22H27N3O/c1-16-7-9-17(10-8-16)15-25-20-5-2-6-21(25)13-19(12-20)24-22(26)18-4-3-11-23-14-18/h3-4,7-11,14,19-21H,2,5-6,12-13,15H2,1H3,(H,24,26)/t20-,21-/m0/s1. The van der Waals surface area contributed by atoms with Crippen LogP contribution in [0.2, 0.25) is 0 Å². The molecule has 136 valence electrons. The fraction of sp³-hybridized carbons (Fsp3) is 0.455. The van der Waals surface area contributed by atoms with Crippen LogP contribution in [0.1, 0.15) is 53.6 Å². The van der Waals surface area contributed by atoms with Crippen LogP contribution >= 0.6 is 0 Å². The lowest BCUT2D eigenvalue weighted by Crippen LogP contribution is -2.56. The van der Waals surface area contributed by atoms with Crippen molar-refractivity contribution in [2.75, 3.05) is 0 Å². The molecule has 0 spiro atoms. The topological polar surface area (TPSA) is 45.2 Å². The Bertz CT molecular complexity index is 730. The predicted molar refractivity (Wildman–Crippen MR) is 103 cm³/mol. The fourth-order valence-electron chi connectivity index (χ4n) is 4.52. The second-order valence-corrected chi connectivity index (χ2v) is 7.78. The summed E-state index contributed by atoms with van der Waals surface area (Å²) >= 11 is 0. The van der Waals surface area contributed by atoms with E-state index < -0.39 is 0 Å². The second-order valence-electron chi connectivity index (χ2n) is 7.78. The molecule has 0 radical (unpaired) electrons. The van der Waals surface area contributed by atoms with Gasteiger partial charge in [-0.1, -0.05) is 36.2 Å². The zero-order valence-corrected chi connectivity index (χ0v) is 15.4. The van der Waals surface area contributed by atoms with Crippen LogP contribution in [-0.4, -0.2) is 33.9 Å². The summed E-state index contributed by atoms with van der Waals surface area (Å²) in [6.07, 6.45) is 9.22. The van der Waals surface area contributed by atoms with Gasteiger partial charge in [-0.15, -0.1) is 0 Å². The first-order chi connectivity index (χ1) is 12.7. The van der Waals surface area contributed by atoms with E-state index in [9.17, 15) is 4.79 Å². The minimum atomic E-state index is 0.00755. The van der Waals surface area contributed by atoms with Gasteiger partial charge in [0.05, 0.1) is 5.56 Å². The molecule has 1 aromatic heterocycles. The number of piperidine rings is 2. The highest BCUT2D eigenvalue weighted by molar-refractivity contribution is 5.94. The molecule has 4 nitrogen and oxygen atoms in total. The summed E-state index contributed by atoms with van der Waals surface area (Å²) in [5.74, 6) is 0.00755. The molecular formula is C22H27N3O. The van der Waals surface area contributed by atoms with Gasteiger partial charge in [-0.2, -0.15) is 0 Å². The smallest absolute Gasteiger partial charge is 0.253 e. The first-order valence-electron chi connectivity index (χ1n) is 9.71. The van der Waals surface area contributed by atoms with Gasteiger partial charge in [-0.25, -0.2) is 0 Å². The average Bonchev–Trinajstić information content (AvgIpc) is 2.65. The number of carbonyl (C=O) groups excluding carboxylic acids is 1. The highest BCUT2D eigenvalue weighted by Gasteiger charge is 2.38. The van der Waals surface area contributed by atoms with Crippen LogP contribution < -0.4 is 5.32 Å². The summed E-state index contributed by atoms with van der Waals surface area (Å²) < 4.78 is 0. The third-order valence-corrected chi connectivity index (χ3v) is 5.87. The van der Waals surface area contributed by atoms with Crippen LogP contribution in [0.15, 0.2) is 48.8 Å². The van der Waals surface area contributed by atoms with Crippen molar-refractivity contribution in [3.05, 3.63) is 65.5 Å². The summed E-state index contributed by atoms with van der Waals surface area (Å²) in [6, 6.07) is 14.0. The maximum atomic E-state index is 12.5. The van der Waals surface area contributed by atoms with Gasteiger partial charge in [0.25, 0.3) is 5.91 Å². The van der Waals surface area contributed by atoms with Crippen LogP contribution in [0.25, 0.3) is 0 Å². The van der Waals surface area contributed by atoms with E-state index in [1.807, 2.05) is 12.1 Å². The van der Waals surface area contributed by atoms with E-state index in [0.717, 1.165) is 19.4 Å². The van der Waals surface area contributed by atoms with Crippen molar-refractivity contribution in [2.45, 2.75) is 63.7 Å². The minimum absolute atomic E-state index is 0.00755. The van der Waals surface area contributed by atoms with E-state index in [1.54, 1.807) is 12.4 Å². The number of pyridine rings is 1. The Morgan fingerprint density at radius 3 is 2.54 bits per heavy atom. The molecule has 4 rings (SSSR count). The normalized spacial score (nSPS) is 25.7. The van der Waals surface area contributed by atoms with Gasteiger partial charge in [0.1, 0.15) is 0 Å². The molecule has 2 fully saturated rings.